The molecule has 1 fully saturated rings. The van der Waals surface area contributed by atoms with Crippen molar-refractivity contribution in [3.63, 3.8) is 0 Å². The Labute approximate surface area is 172 Å². The molecule has 1 N–H and O–H groups in total. The van der Waals surface area contributed by atoms with E-state index >= 15 is 0 Å². The number of amides is 1. The summed E-state index contributed by atoms with van der Waals surface area (Å²) in [6.07, 6.45) is 5.89. The molecule has 1 aliphatic rings. The highest BCUT2D eigenvalue weighted by molar-refractivity contribution is 5.92. The van der Waals surface area contributed by atoms with Crippen molar-refractivity contribution < 1.29 is 18.4 Å². The second-order valence-electron chi connectivity index (χ2n) is 7.04. The molecular weight excluding hydrogens is 391 g/mol. The van der Waals surface area contributed by atoms with Gasteiger partial charge in [0, 0.05) is 38.3 Å². The molecule has 0 bridgehead atoms. The molecule has 0 aliphatic carbocycles. The van der Waals surface area contributed by atoms with Gasteiger partial charge in [0.05, 0.1) is 12.7 Å². The van der Waals surface area contributed by atoms with Crippen molar-refractivity contribution in [2.45, 2.75) is 18.4 Å². The van der Waals surface area contributed by atoms with Gasteiger partial charge in [-0.25, -0.2) is 9.37 Å². The van der Waals surface area contributed by atoms with E-state index in [0.29, 0.717) is 49.0 Å². The van der Waals surface area contributed by atoms with E-state index in [-0.39, 0.29) is 18.3 Å². The number of carbonyl (C=O) groups excluding carboxylic acids is 1. The van der Waals surface area contributed by atoms with Crippen LogP contribution in [0, 0.1) is 5.82 Å². The Bertz CT molecular complexity index is 987. The summed E-state index contributed by atoms with van der Waals surface area (Å²) < 4.78 is 24.2. The first-order valence-corrected chi connectivity index (χ1v) is 9.51. The Balaban J connectivity index is 1.36. The largest absolute Gasteiger partial charge is 0.368 e. The minimum atomic E-state index is -0.711. The highest BCUT2D eigenvalue weighted by atomic mass is 19.1. The van der Waals surface area contributed by atoms with Crippen molar-refractivity contribution in [3.8, 4) is 11.5 Å². The number of aromatic nitrogens is 4. The monoisotopic (exact) mass is 412 g/mol. The van der Waals surface area contributed by atoms with E-state index in [1.54, 1.807) is 25.7 Å². The zero-order valence-corrected chi connectivity index (χ0v) is 16.4. The number of nitrogens with one attached hydrogen (secondary N) is 1. The van der Waals surface area contributed by atoms with Gasteiger partial charge in [0.15, 0.2) is 0 Å². The molecule has 10 heteroatoms. The third-order valence-corrected chi connectivity index (χ3v) is 5.16. The van der Waals surface area contributed by atoms with Crippen LogP contribution in [0.25, 0.3) is 11.5 Å². The van der Waals surface area contributed by atoms with E-state index in [9.17, 15) is 9.18 Å². The maximum Gasteiger partial charge on any atom is 0.259 e. The summed E-state index contributed by atoms with van der Waals surface area (Å²) in [5, 5.41) is 6.77. The standard InChI is InChI=1S/C20H21FN6O3/c1-29-20(19-25-18(26-30-19)16-12-22-8-9-23-16)6-10-27(11-7-20)13-17(28)24-15-4-2-14(21)3-5-15/h2-5,8-9,12H,6-7,10-11,13H2,1H3,(H,24,28). The van der Waals surface area contributed by atoms with E-state index in [1.165, 1.54) is 24.3 Å². The van der Waals surface area contributed by atoms with E-state index < -0.39 is 5.60 Å². The average molecular weight is 412 g/mol. The predicted molar refractivity (Wildman–Crippen MR) is 105 cm³/mol. The molecule has 1 aliphatic heterocycles. The lowest BCUT2D eigenvalue weighted by molar-refractivity contribution is -0.120. The quantitative estimate of drug-likeness (QED) is 0.657. The van der Waals surface area contributed by atoms with Crippen LogP contribution in [-0.4, -0.2) is 57.7 Å². The molecular formula is C20H21FN6O3. The number of benzene rings is 1. The molecule has 3 aromatic rings. The zero-order chi connectivity index (χ0) is 21.0. The van der Waals surface area contributed by atoms with Crippen LogP contribution in [0.1, 0.15) is 18.7 Å². The smallest absolute Gasteiger partial charge is 0.259 e. The molecule has 1 aromatic carbocycles. The Kier molecular flexibility index (Phi) is 5.77. The van der Waals surface area contributed by atoms with Crippen LogP contribution in [0.2, 0.25) is 0 Å². The third-order valence-electron chi connectivity index (χ3n) is 5.16. The first-order valence-electron chi connectivity index (χ1n) is 9.51. The lowest BCUT2D eigenvalue weighted by Gasteiger charge is -2.37. The topological polar surface area (TPSA) is 106 Å². The average Bonchev–Trinajstić information content (AvgIpc) is 3.28. The van der Waals surface area contributed by atoms with Crippen LogP contribution < -0.4 is 5.32 Å². The van der Waals surface area contributed by atoms with Gasteiger partial charge in [0.2, 0.25) is 11.7 Å². The summed E-state index contributed by atoms with van der Waals surface area (Å²) in [5.41, 5.74) is 0.373. The minimum absolute atomic E-state index is 0.158. The molecule has 9 nitrogen and oxygen atoms in total. The number of anilines is 1. The second kappa shape index (κ2) is 8.64. The van der Waals surface area contributed by atoms with Crippen molar-refractivity contribution in [1.82, 2.24) is 25.0 Å². The second-order valence-corrected chi connectivity index (χ2v) is 7.04. The Morgan fingerprint density at radius 1 is 1.27 bits per heavy atom. The molecule has 0 atom stereocenters. The molecule has 4 rings (SSSR count). The lowest BCUT2D eigenvalue weighted by Crippen LogP contribution is -2.46. The van der Waals surface area contributed by atoms with Gasteiger partial charge in [0.1, 0.15) is 17.1 Å². The number of rotatable bonds is 6. The SMILES string of the molecule is COC1(c2nc(-c3cnccn3)no2)CCN(CC(=O)Nc2ccc(F)cc2)CC1. The number of carbonyl (C=O) groups is 1. The summed E-state index contributed by atoms with van der Waals surface area (Å²) in [6.45, 7) is 1.47. The maximum atomic E-state index is 13.0. The first-order chi connectivity index (χ1) is 14.6. The number of hydrogen-bond donors (Lipinski definition) is 1. The van der Waals surface area contributed by atoms with Crippen LogP contribution in [0.4, 0.5) is 10.1 Å². The lowest BCUT2D eigenvalue weighted by atomic mass is 9.91. The molecule has 156 valence electrons. The fourth-order valence-electron chi connectivity index (χ4n) is 3.44. The Hall–Kier alpha value is -3.24. The van der Waals surface area contributed by atoms with Gasteiger partial charge in [-0.1, -0.05) is 5.16 Å². The van der Waals surface area contributed by atoms with Crippen molar-refractivity contribution in [2.24, 2.45) is 0 Å². The summed E-state index contributed by atoms with van der Waals surface area (Å²) in [6, 6.07) is 5.68. The molecule has 30 heavy (non-hydrogen) atoms. The van der Waals surface area contributed by atoms with Gasteiger partial charge >= 0.3 is 0 Å². The van der Waals surface area contributed by atoms with Crippen LogP contribution in [-0.2, 0) is 15.1 Å². The molecule has 0 unspecified atom stereocenters. The molecule has 0 spiro atoms. The van der Waals surface area contributed by atoms with Gasteiger partial charge in [-0.15, -0.1) is 0 Å². The number of methoxy groups -OCH3 is 1. The van der Waals surface area contributed by atoms with Gasteiger partial charge in [-0.3, -0.25) is 14.7 Å². The number of piperidine rings is 1. The number of nitrogens with zero attached hydrogens (tertiary/aromatic N) is 5. The molecule has 2 aromatic heterocycles. The van der Waals surface area contributed by atoms with Gasteiger partial charge < -0.3 is 14.6 Å². The number of likely N-dealkylation sites (tertiary alicyclic amines) is 1. The molecule has 1 amide bonds. The van der Waals surface area contributed by atoms with Crippen molar-refractivity contribution in [2.75, 3.05) is 32.1 Å². The van der Waals surface area contributed by atoms with E-state index in [1.807, 2.05) is 4.90 Å². The summed E-state index contributed by atoms with van der Waals surface area (Å²) in [4.78, 5) is 27.0. The van der Waals surface area contributed by atoms with E-state index in [2.05, 4.69) is 25.4 Å². The van der Waals surface area contributed by atoms with Crippen LogP contribution in [0.15, 0.2) is 47.4 Å². The van der Waals surface area contributed by atoms with Crippen molar-refractivity contribution in [3.05, 3.63) is 54.6 Å². The highest BCUT2D eigenvalue weighted by Gasteiger charge is 2.42. The van der Waals surface area contributed by atoms with Crippen molar-refractivity contribution >= 4 is 11.6 Å². The Morgan fingerprint density at radius 2 is 2.03 bits per heavy atom. The van der Waals surface area contributed by atoms with Gasteiger partial charge in [-0.05, 0) is 37.1 Å². The Morgan fingerprint density at radius 3 is 2.70 bits per heavy atom. The third kappa shape index (κ3) is 4.34. The fourth-order valence-corrected chi connectivity index (χ4v) is 3.44. The predicted octanol–water partition coefficient (Wildman–Crippen LogP) is 2.24. The summed E-state index contributed by atoms with van der Waals surface area (Å²) >= 11 is 0. The number of hydrogen-bond acceptors (Lipinski definition) is 8. The zero-order valence-electron chi connectivity index (χ0n) is 16.4. The van der Waals surface area contributed by atoms with Crippen LogP contribution >= 0.6 is 0 Å². The summed E-state index contributed by atoms with van der Waals surface area (Å²) in [7, 11) is 1.61. The molecule has 0 radical (unpaired) electrons. The fraction of sp³-hybridized carbons (Fsp3) is 0.350. The maximum absolute atomic E-state index is 13.0. The van der Waals surface area contributed by atoms with E-state index in [4.69, 9.17) is 9.26 Å². The number of ether oxygens (including phenoxy) is 1. The molecule has 0 saturated carbocycles. The van der Waals surface area contributed by atoms with E-state index in [0.717, 1.165) is 0 Å². The summed E-state index contributed by atoms with van der Waals surface area (Å²) in [5.74, 6) is 0.245. The van der Waals surface area contributed by atoms with Crippen LogP contribution in [0.3, 0.4) is 0 Å². The van der Waals surface area contributed by atoms with Crippen LogP contribution in [0.5, 0.6) is 0 Å². The number of halogens is 1. The molecule has 3 heterocycles. The van der Waals surface area contributed by atoms with Gasteiger partial charge in [0.25, 0.3) is 5.89 Å². The van der Waals surface area contributed by atoms with Crippen molar-refractivity contribution in [1.29, 1.82) is 0 Å². The normalized spacial score (nSPS) is 16.3. The first kappa shape index (κ1) is 20.0. The highest BCUT2D eigenvalue weighted by Crippen LogP contribution is 2.35. The molecule has 1 saturated heterocycles. The van der Waals surface area contributed by atoms with Gasteiger partial charge in [-0.2, -0.15) is 4.98 Å². The minimum Gasteiger partial charge on any atom is -0.368 e.